The molecule has 45 heavy (non-hydrogen) atoms. The van der Waals surface area contributed by atoms with E-state index in [1.165, 1.54) is 30.1 Å². The van der Waals surface area contributed by atoms with Gasteiger partial charge in [-0.1, -0.05) is 0 Å². The topological polar surface area (TPSA) is 104 Å². The van der Waals surface area contributed by atoms with Crippen molar-refractivity contribution in [1.82, 2.24) is 24.8 Å². The van der Waals surface area contributed by atoms with Gasteiger partial charge in [-0.05, 0) is 83.7 Å². The number of aromatic nitrogens is 3. The van der Waals surface area contributed by atoms with Crippen LogP contribution in [0.1, 0.15) is 74.0 Å². The van der Waals surface area contributed by atoms with E-state index < -0.39 is 11.9 Å². The zero-order chi connectivity index (χ0) is 31.5. The van der Waals surface area contributed by atoms with Gasteiger partial charge in [0.1, 0.15) is 23.6 Å². The highest BCUT2D eigenvalue weighted by molar-refractivity contribution is 5.97. The first kappa shape index (κ1) is 31.2. The number of ether oxygens (including phenoxy) is 2. The molecule has 0 spiro atoms. The first-order valence-corrected chi connectivity index (χ1v) is 16.1. The van der Waals surface area contributed by atoms with Gasteiger partial charge in [-0.25, -0.2) is 14.4 Å². The Morgan fingerprint density at radius 3 is 2.58 bits per heavy atom. The molecule has 1 aromatic carbocycles. The Kier molecular flexibility index (Phi) is 9.46. The molecule has 10 nitrogen and oxygen atoms in total. The lowest BCUT2D eigenvalue weighted by Gasteiger charge is -2.43. The zero-order valence-corrected chi connectivity index (χ0v) is 26.4. The summed E-state index contributed by atoms with van der Waals surface area (Å²) >= 11 is 0. The number of carbonyl (C=O) groups excluding carboxylic acids is 1. The Labute approximate surface area is 264 Å². The molecule has 6 rings (SSSR count). The lowest BCUT2D eigenvalue weighted by Crippen LogP contribution is -2.52. The van der Waals surface area contributed by atoms with Gasteiger partial charge >= 0.3 is 0 Å². The fourth-order valence-electron chi connectivity index (χ4n) is 6.69. The van der Waals surface area contributed by atoms with E-state index in [-0.39, 0.29) is 35.4 Å². The largest absolute Gasteiger partial charge is 0.490 e. The molecule has 2 fully saturated rings. The lowest BCUT2D eigenvalue weighted by molar-refractivity contribution is -0.00469. The van der Waals surface area contributed by atoms with Gasteiger partial charge < -0.3 is 29.3 Å². The van der Waals surface area contributed by atoms with Gasteiger partial charge in [0.2, 0.25) is 0 Å². The van der Waals surface area contributed by atoms with E-state index in [0.29, 0.717) is 24.4 Å². The number of hydrogen-bond acceptors (Lipinski definition) is 9. The number of pyridine rings is 1. The highest BCUT2D eigenvalue weighted by Gasteiger charge is 2.37. The van der Waals surface area contributed by atoms with Gasteiger partial charge in [0.05, 0.1) is 24.0 Å². The second-order valence-electron chi connectivity index (χ2n) is 12.8. The maximum atomic E-state index is 14.5. The summed E-state index contributed by atoms with van der Waals surface area (Å²) in [6.07, 6.45) is 10.2. The average Bonchev–Trinajstić information content (AvgIpc) is 2.99. The SMILES string of the molecule is CC(C)N(C(=O)c1cc(F)ccc1Oc1cncnc1N1CCCC(Oc2ccnc3c2CN(C)CC3)CCC1)C1CC(O)C1. The van der Waals surface area contributed by atoms with Crippen LogP contribution in [0.5, 0.6) is 17.2 Å². The van der Waals surface area contributed by atoms with Crippen molar-refractivity contribution in [2.24, 2.45) is 0 Å². The van der Waals surface area contributed by atoms with E-state index in [1.54, 1.807) is 11.1 Å². The summed E-state index contributed by atoms with van der Waals surface area (Å²) < 4.78 is 27.4. The van der Waals surface area contributed by atoms with Gasteiger partial charge in [-0.3, -0.25) is 9.78 Å². The number of hydrogen-bond donors (Lipinski definition) is 1. The molecule has 11 heteroatoms. The van der Waals surface area contributed by atoms with E-state index in [9.17, 15) is 14.3 Å². The number of benzene rings is 1. The number of nitrogens with zero attached hydrogens (tertiary/aromatic N) is 6. The average molecular weight is 619 g/mol. The van der Waals surface area contributed by atoms with Crippen LogP contribution in [0.3, 0.4) is 0 Å². The van der Waals surface area contributed by atoms with Gasteiger partial charge in [0.15, 0.2) is 11.6 Å². The van der Waals surface area contributed by atoms with E-state index in [4.69, 9.17) is 9.47 Å². The third kappa shape index (κ3) is 7.04. The number of halogens is 1. The number of aliphatic hydroxyl groups excluding tert-OH is 1. The van der Waals surface area contributed by atoms with Crippen LogP contribution in [0, 0.1) is 5.82 Å². The van der Waals surface area contributed by atoms with Crippen LogP contribution in [-0.2, 0) is 13.0 Å². The van der Waals surface area contributed by atoms with Crippen molar-refractivity contribution in [3.63, 3.8) is 0 Å². The van der Waals surface area contributed by atoms with Crippen molar-refractivity contribution in [2.45, 2.75) is 89.6 Å². The van der Waals surface area contributed by atoms with Crippen molar-refractivity contribution >= 4 is 11.7 Å². The summed E-state index contributed by atoms with van der Waals surface area (Å²) in [5, 5.41) is 9.87. The predicted molar refractivity (Wildman–Crippen MR) is 168 cm³/mol. The summed E-state index contributed by atoms with van der Waals surface area (Å²) in [7, 11) is 2.13. The molecule has 1 saturated heterocycles. The Balaban J connectivity index is 1.15. The molecule has 240 valence electrons. The molecule has 0 unspecified atom stereocenters. The van der Waals surface area contributed by atoms with Crippen LogP contribution < -0.4 is 14.4 Å². The predicted octanol–water partition coefficient (Wildman–Crippen LogP) is 4.99. The molecule has 1 aliphatic carbocycles. The Hall–Kier alpha value is -3.83. The standard InChI is InChI=1S/C34H43FN6O4/c1-22(2)41(24-17-25(42)18-24)34(43)27-16-23(35)8-9-30(27)45-32-19-36-21-38-33(32)40-13-4-6-26(7-5-14-40)44-31-10-12-37-29-11-15-39(3)20-28(29)31/h8-10,12,16,19,21-22,24-26,42H,4-7,11,13-15,17-18,20H2,1-3H3. The van der Waals surface area contributed by atoms with Crippen LogP contribution in [0.4, 0.5) is 10.2 Å². The summed E-state index contributed by atoms with van der Waals surface area (Å²) in [6, 6.07) is 5.77. The first-order chi connectivity index (χ1) is 21.8. The van der Waals surface area contributed by atoms with E-state index >= 15 is 0 Å². The molecule has 0 radical (unpaired) electrons. The maximum absolute atomic E-state index is 14.5. The Morgan fingerprint density at radius 1 is 1.07 bits per heavy atom. The molecule has 4 heterocycles. The lowest BCUT2D eigenvalue weighted by atomic mass is 9.87. The van der Waals surface area contributed by atoms with Gasteiger partial charge in [0, 0.05) is 62.1 Å². The van der Waals surface area contributed by atoms with Crippen molar-refractivity contribution in [3.05, 3.63) is 65.6 Å². The third-order valence-corrected chi connectivity index (χ3v) is 9.09. The molecule has 0 atom stereocenters. The number of aliphatic hydroxyl groups is 1. The monoisotopic (exact) mass is 618 g/mol. The van der Waals surface area contributed by atoms with E-state index in [1.807, 2.05) is 26.1 Å². The van der Waals surface area contributed by atoms with Crippen molar-refractivity contribution < 1.29 is 23.8 Å². The number of amides is 1. The molecular formula is C34H43FN6O4. The fraction of sp³-hybridized carbons (Fsp3) is 0.529. The van der Waals surface area contributed by atoms with Gasteiger partial charge in [0.25, 0.3) is 5.91 Å². The molecule has 0 bridgehead atoms. The summed E-state index contributed by atoms with van der Waals surface area (Å²) in [4.78, 5) is 33.3. The smallest absolute Gasteiger partial charge is 0.258 e. The van der Waals surface area contributed by atoms with Crippen molar-refractivity contribution in [3.8, 4) is 17.2 Å². The molecule has 3 aliphatic rings. The molecule has 3 aromatic rings. The van der Waals surface area contributed by atoms with Crippen LogP contribution in [0.2, 0.25) is 0 Å². The van der Waals surface area contributed by atoms with Gasteiger partial charge in [-0.2, -0.15) is 0 Å². The minimum absolute atomic E-state index is 0.0987. The minimum atomic E-state index is -0.521. The quantitative estimate of drug-likeness (QED) is 0.374. The Bertz CT molecular complexity index is 1490. The minimum Gasteiger partial charge on any atom is -0.490 e. The molecule has 1 amide bonds. The van der Waals surface area contributed by atoms with Crippen LogP contribution in [0.25, 0.3) is 0 Å². The van der Waals surface area contributed by atoms with Crippen molar-refractivity contribution in [2.75, 3.05) is 31.6 Å². The molecule has 1 saturated carbocycles. The first-order valence-electron chi connectivity index (χ1n) is 16.1. The summed E-state index contributed by atoms with van der Waals surface area (Å²) in [5.41, 5.74) is 2.49. The molecule has 2 aromatic heterocycles. The van der Waals surface area contributed by atoms with E-state index in [0.717, 1.165) is 69.7 Å². The number of carbonyl (C=O) groups is 1. The Morgan fingerprint density at radius 2 is 1.84 bits per heavy atom. The second-order valence-corrected chi connectivity index (χ2v) is 12.8. The number of likely N-dealkylation sites (N-methyl/N-ethyl adjacent to an activating group) is 1. The summed E-state index contributed by atoms with van der Waals surface area (Å²) in [6.45, 7) is 7.22. The maximum Gasteiger partial charge on any atom is 0.258 e. The van der Waals surface area contributed by atoms with Crippen LogP contribution in [-0.4, -0.2) is 86.7 Å². The van der Waals surface area contributed by atoms with Crippen LogP contribution in [0.15, 0.2) is 43.0 Å². The molecule has 1 N–H and O–H groups in total. The number of rotatable bonds is 8. The van der Waals surface area contributed by atoms with E-state index in [2.05, 4.69) is 31.8 Å². The molecule has 2 aliphatic heterocycles. The highest BCUT2D eigenvalue weighted by atomic mass is 19.1. The normalized spacial score (nSPS) is 21.0. The van der Waals surface area contributed by atoms with Gasteiger partial charge in [-0.15, -0.1) is 0 Å². The number of fused-ring (bicyclic) bond motifs is 1. The zero-order valence-electron chi connectivity index (χ0n) is 26.4. The molecular weight excluding hydrogens is 575 g/mol. The summed E-state index contributed by atoms with van der Waals surface area (Å²) in [5.74, 6) is 1.40. The third-order valence-electron chi connectivity index (χ3n) is 9.09. The van der Waals surface area contributed by atoms with Crippen molar-refractivity contribution in [1.29, 1.82) is 0 Å². The van der Waals surface area contributed by atoms with Crippen LogP contribution >= 0.6 is 0 Å². The second kappa shape index (κ2) is 13.7. The number of anilines is 1. The fourth-order valence-corrected chi connectivity index (χ4v) is 6.69. The highest BCUT2D eigenvalue weighted by Crippen LogP contribution is 2.36.